The van der Waals surface area contributed by atoms with E-state index in [9.17, 15) is 0 Å². The fraction of sp³-hybridized carbons (Fsp3) is 0.417. The molecule has 1 rings (SSSR count). The van der Waals surface area contributed by atoms with Gasteiger partial charge in [0.1, 0.15) is 5.75 Å². The Bertz CT molecular complexity index is 353. The minimum Gasteiger partial charge on any atom is -0.492 e. The molecule has 4 heteroatoms. The van der Waals surface area contributed by atoms with Crippen LogP contribution in [0.25, 0.3) is 0 Å². The third-order valence-electron chi connectivity index (χ3n) is 2.12. The van der Waals surface area contributed by atoms with Crippen LogP contribution in [-0.4, -0.2) is 29.0 Å². The van der Waals surface area contributed by atoms with Gasteiger partial charge in [-0.2, -0.15) is 11.8 Å². The second kappa shape index (κ2) is 7.17. The van der Waals surface area contributed by atoms with E-state index in [0.717, 1.165) is 22.8 Å². The predicted octanol–water partition coefficient (Wildman–Crippen LogP) is 3.02. The highest BCUT2D eigenvalue weighted by molar-refractivity contribution is 7.99. The highest BCUT2D eigenvalue weighted by atomic mass is 32.2. The molecule has 1 aromatic carbocycles. The summed E-state index contributed by atoms with van der Waals surface area (Å²) in [6.07, 6.45) is 0. The summed E-state index contributed by atoms with van der Waals surface area (Å²) in [4.78, 5) is 0. The van der Waals surface area contributed by atoms with Crippen molar-refractivity contribution in [2.24, 2.45) is 5.16 Å². The van der Waals surface area contributed by atoms with Crippen LogP contribution in [0, 0.1) is 0 Å². The van der Waals surface area contributed by atoms with Crippen LogP contribution in [0.4, 0.5) is 0 Å². The molecular weight excluding hydrogens is 222 g/mol. The van der Waals surface area contributed by atoms with Crippen molar-refractivity contribution in [3.8, 4) is 5.75 Å². The molecular formula is C12H17NO2S. The summed E-state index contributed by atoms with van der Waals surface area (Å²) in [5.74, 6) is 2.84. The van der Waals surface area contributed by atoms with Crippen LogP contribution >= 0.6 is 11.8 Å². The van der Waals surface area contributed by atoms with Crippen molar-refractivity contribution in [2.45, 2.75) is 13.8 Å². The van der Waals surface area contributed by atoms with Crippen LogP contribution in [0.15, 0.2) is 29.4 Å². The number of hydrogen-bond acceptors (Lipinski definition) is 4. The summed E-state index contributed by atoms with van der Waals surface area (Å²) in [6.45, 7) is 4.55. The van der Waals surface area contributed by atoms with Crippen LogP contribution in [0.2, 0.25) is 0 Å². The summed E-state index contributed by atoms with van der Waals surface area (Å²) in [6, 6.07) is 7.59. The average molecular weight is 239 g/mol. The molecule has 0 aliphatic heterocycles. The zero-order valence-electron chi connectivity index (χ0n) is 9.64. The molecule has 0 aliphatic carbocycles. The van der Waals surface area contributed by atoms with Gasteiger partial charge in [-0.05, 0) is 24.8 Å². The van der Waals surface area contributed by atoms with Crippen LogP contribution in [0.5, 0.6) is 5.75 Å². The van der Waals surface area contributed by atoms with Crippen LogP contribution < -0.4 is 4.74 Å². The molecule has 1 aromatic rings. The van der Waals surface area contributed by atoms with Crippen molar-refractivity contribution in [2.75, 3.05) is 18.1 Å². The summed E-state index contributed by atoms with van der Waals surface area (Å²) in [7, 11) is 0. The molecule has 0 aromatic heterocycles. The van der Waals surface area contributed by atoms with Gasteiger partial charge < -0.3 is 9.94 Å². The summed E-state index contributed by atoms with van der Waals surface area (Å²) in [5, 5.41) is 11.9. The van der Waals surface area contributed by atoms with Gasteiger partial charge in [0.25, 0.3) is 0 Å². The molecule has 0 spiro atoms. The Morgan fingerprint density at radius 3 is 2.88 bits per heavy atom. The standard InChI is InChI=1S/C12H17NO2S/c1-3-16-9-8-15-12-7-5-4-6-11(12)10(2)13-14/h4-7,14H,3,8-9H2,1-2H3/b13-10+. The van der Waals surface area contributed by atoms with Gasteiger partial charge in [0.05, 0.1) is 12.3 Å². The Balaban J connectivity index is 2.64. The summed E-state index contributed by atoms with van der Waals surface area (Å²) in [5.41, 5.74) is 1.41. The summed E-state index contributed by atoms with van der Waals surface area (Å²) >= 11 is 1.84. The van der Waals surface area contributed by atoms with E-state index in [4.69, 9.17) is 9.94 Å². The number of ether oxygens (including phenoxy) is 1. The van der Waals surface area contributed by atoms with Crippen LogP contribution in [0.3, 0.4) is 0 Å². The maximum Gasteiger partial charge on any atom is 0.128 e. The Hall–Kier alpha value is -1.16. The predicted molar refractivity (Wildman–Crippen MR) is 68.9 cm³/mol. The van der Waals surface area contributed by atoms with Gasteiger partial charge >= 0.3 is 0 Å². The first kappa shape index (κ1) is 12.9. The summed E-state index contributed by atoms with van der Waals surface area (Å²) < 4.78 is 5.65. The molecule has 3 nitrogen and oxygen atoms in total. The highest BCUT2D eigenvalue weighted by Crippen LogP contribution is 2.19. The third-order valence-corrected chi connectivity index (χ3v) is 2.98. The van der Waals surface area contributed by atoms with Crippen molar-refractivity contribution in [1.82, 2.24) is 0 Å². The average Bonchev–Trinajstić information content (AvgIpc) is 2.34. The first-order valence-corrected chi connectivity index (χ1v) is 6.43. The fourth-order valence-corrected chi connectivity index (χ4v) is 1.79. The Labute approximate surface area is 101 Å². The minimum absolute atomic E-state index is 0.568. The molecule has 0 unspecified atom stereocenters. The zero-order chi connectivity index (χ0) is 11.8. The normalized spacial score (nSPS) is 11.5. The largest absolute Gasteiger partial charge is 0.492 e. The van der Waals surface area contributed by atoms with E-state index < -0.39 is 0 Å². The first-order chi connectivity index (χ1) is 7.79. The third kappa shape index (κ3) is 3.77. The van der Waals surface area contributed by atoms with Crippen molar-refractivity contribution < 1.29 is 9.94 Å². The number of para-hydroxylation sites is 1. The van der Waals surface area contributed by atoms with E-state index in [-0.39, 0.29) is 0 Å². The van der Waals surface area contributed by atoms with Crippen molar-refractivity contribution in [1.29, 1.82) is 0 Å². The van der Waals surface area contributed by atoms with Crippen molar-refractivity contribution in [3.05, 3.63) is 29.8 Å². The molecule has 0 aliphatic rings. The molecule has 16 heavy (non-hydrogen) atoms. The SMILES string of the molecule is CCSCCOc1ccccc1/C(C)=N/O. The van der Waals surface area contributed by atoms with Gasteiger partial charge in [-0.3, -0.25) is 0 Å². The molecule has 0 bridgehead atoms. The number of nitrogens with zero attached hydrogens (tertiary/aromatic N) is 1. The van der Waals surface area contributed by atoms with Gasteiger partial charge in [-0.15, -0.1) is 0 Å². The number of hydrogen-bond donors (Lipinski definition) is 1. The molecule has 0 radical (unpaired) electrons. The van der Waals surface area contributed by atoms with Gasteiger partial charge in [0.2, 0.25) is 0 Å². The molecule has 0 saturated heterocycles. The van der Waals surface area contributed by atoms with Crippen LogP contribution in [-0.2, 0) is 0 Å². The Morgan fingerprint density at radius 1 is 1.44 bits per heavy atom. The topological polar surface area (TPSA) is 41.8 Å². The Morgan fingerprint density at radius 2 is 2.19 bits per heavy atom. The minimum atomic E-state index is 0.568. The van der Waals surface area contributed by atoms with Gasteiger partial charge in [0, 0.05) is 11.3 Å². The van der Waals surface area contributed by atoms with E-state index in [1.807, 2.05) is 36.0 Å². The number of oxime groups is 1. The van der Waals surface area contributed by atoms with Gasteiger partial charge in [0.15, 0.2) is 0 Å². The number of thioether (sulfide) groups is 1. The van der Waals surface area contributed by atoms with Gasteiger partial charge in [-0.1, -0.05) is 24.2 Å². The second-order valence-electron chi connectivity index (χ2n) is 3.23. The van der Waals surface area contributed by atoms with E-state index in [0.29, 0.717) is 12.3 Å². The molecule has 0 fully saturated rings. The highest BCUT2D eigenvalue weighted by Gasteiger charge is 2.05. The maximum absolute atomic E-state index is 8.75. The van der Waals surface area contributed by atoms with E-state index in [1.165, 1.54) is 0 Å². The fourth-order valence-electron chi connectivity index (χ4n) is 1.30. The molecule has 1 N–H and O–H groups in total. The van der Waals surface area contributed by atoms with Crippen LogP contribution in [0.1, 0.15) is 19.4 Å². The Kier molecular flexibility index (Phi) is 5.78. The monoisotopic (exact) mass is 239 g/mol. The molecule has 88 valence electrons. The number of benzene rings is 1. The van der Waals surface area contributed by atoms with E-state index in [2.05, 4.69) is 12.1 Å². The van der Waals surface area contributed by atoms with E-state index >= 15 is 0 Å². The lowest BCUT2D eigenvalue weighted by Crippen LogP contribution is -2.05. The smallest absolute Gasteiger partial charge is 0.128 e. The van der Waals surface area contributed by atoms with Crippen molar-refractivity contribution >= 4 is 17.5 Å². The lowest BCUT2D eigenvalue weighted by Gasteiger charge is -2.10. The maximum atomic E-state index is 8.75. The lowest BCUT2D eigenvalue weighted by molar-refractivity contribution is 0.317. The molecule has 0 saturated carbocycles. The molecule has 0 amide bonds. The van der Waals surface area contributed by atoms with E-state index in [1.54, 1.807) is 6.92 Å². The van der Waals surface area contributed by atoms with Crippen molar-refractivity contribution in [3.63, 3.8) is 0 Å². The molecule has 0 heterocycles. The lowest BCUT2D eigenvalue weighted by atomic mass is 10.1. The molecule has 0 atom stereocenters. The zero-order valence-corrected chi connectivity index (χ0v) is 10.5. The quantitative estimate of drug-likeness (QED) is 0.359. The second-order valence-corrected chi connectivity index (χ2v) is 4.62. The van der Waals surface area contributed by atoms with Gasteiger partial charge in [-0.25, -0.2) is 0 Å². The first-order valence-electron chi connectivity index (χ1n) is 5.28. The number of rotatable bonds is 6.